The number of amides is 3. The van der Waals surface area contributed by atoms with Gasteiger partial charge in [-0.25, -0.2) is 0 Å². The Kier molecular flexibility index (Phi) is 11.1. The largest absolute Gasteiger partial charge is 0.338 e. The second-order valence-electron chi connectivity index (χ2n) is 12.9. The van der Waals surface area contributed by atoms with Crippen molar-refractivity contribution >= 4 is 28.5 Å². The third-order valence-electron chi connectivity index (χ3n) is 8.39. The molecule has 9 nitrogen and oxygen atoms in total. The molecule has 0 bridgehead atoms. The van der Waals surface area contributed by atoms with Crippen LogP contribution in [-0.2, 0) is 27.2 Å². The lowest BCUT2D eigenvalue weighted by atomic mass is 9.96. The molecule has 3 aromatic rings. The summed E-state index contributed by atoms with van der Waals surface area (Å²) in [5.74, 6) is -0.796. The fourth-order valence-corrected chi connectivity index (χ4v) is 5.96. The van der Waals surface area contributed by atoms with Crippen molar-refractivity contribution in [2.45, 2.75) is 57.7 Å². The number of hydroxylamine groups is 2. The zero-order valence-electron chi connectivity index (χ0n) is 27.1. The zero-order valence-corrected chi connectivity index (χ0v) is 27.1. The van der Waals surface area contributed by atoms with E-state index in [9.17, 15) is 19.6 Å². The third-order valence-corrected chi connectivity index (χ3v) is 8.39. The predicted molar refractivity (Wildman–Crippen MR) is 177 cm³/mol. The maximum absolute atomic E-state index is 14.5. The highest BCUT2D eigenvalue weighted by molar-refractivity contribution is 5.95. The molecule has 3 N–H and O–H groups in total. The van der Waals surface area contributed by atoms with Crippen molar-refractivity contribution in [2.75, 3.05) is 40.3 Å². The van der Waals surface area contributed by atoms with E-state index in [4.69, 9.17) is 5.73 Å². The first-order valence-corrected chi connectivity index (χ1v) is 15.6. The summed E-state index contributed by atoms with van der Waals surface area (Å²) in [7, 11) is 3.30. The van der Waals surface area contributed by atoms with Gasteiger partial charge in [-0.2, -0.15) is 5.06 Å². The van der Waals surface area contributed by atoms with Crippen molar-refractivity contribution in [3.05, 3.63) is 95.6 Å². The molecule has 1 heterocycles. The van der Waals surface area contributed by atoms with Crippen molar-refractivity contribution in [2.24, 2.45) is 5.73 Å². The molecule has 240 valence electrons. The van der Waals surface area contributed by atoms with E-state index >= 15 is 0 Å². The second kappa shape index (κ2) is 14.8. The SMILES string of the molecule is CC(=CC(=O)N(C)[C@H](Cc1ccc2ccccc2c1)C(=O)N(C)[C@H](Cc1ccccc1)C(=O)N1CCN(O)CC1)CC(C)(C)N. The van der Waals surface area contributed by atoms with E-state index in [1.165, 1.54) is 14.9 Å². The van der Waals surface area contributed by atoms with Gasteiger partial charge in [0.2, 0.25) is 17.7 Å². The Morgan fingerprint density at radius 3 is 2.09 bits per heavy atom. The molecule has 0 radical (unpaired) electrons. The lowest BCUT2D eigenvalue weighted by Gasteiger charge is -2.38. The van der Waals surface area contributed by atoms with Crippen molar-refractivity contribution in [3.63, 3.8) is 0 Å². The molecule has 9 heteroatoms. The van der Waals surface area contributed by atoms with Gasteiger partial charge in [0, 0.05) is 64.7 Å². The Morgan fingerprint density at radius 2 is 1.44 bits per heavy atom. The number of nitrogens with two attached hydrogens (primary N) is 1. The molecule has 3 aromatic carbocycles. The number of carbonyl (C=O) groups is 3. The number of nitrogens with zero attached hydrogens (tertiary/aromatic N) is 4. The van der Waals surface area contributed by atoms with E-state index in [-0.39, 0.29) is 24.1 Å². The van der Waals surface area contributed by atoms with Gasteiger partial charge >= 0.3 is 0 Å². The van der Waals surface area contributed by atoms with Crippen LogP contribution >= 0.6 is 0 Å². The van der Waals surface area contributed by atoms with Crippen LogP contribution in [-0.4, -0.2) is 101 Å². The fourth-order valence-electron chi connectivity index (χ4n) is 5.96. The molecule has 4 rings (SSSR count). The van der Waals surface area contributed by atoms with Gasteiger partial charge in [-0.05, 0) is 49.1 Å². The van der Waals surface area contributed by atoms with Crippen LogP contribution in [0.4, 0.5) is 0 Å². The van der Waals surface area contributed by atoms with Crippen LogP contribution in [0.15, 0.2) is 84.4 Å². The van der Waals surface area contributed by atoms with Crippen LogP contribution in [0.25, 0.3) is 10.8 Å². The summed E-state index contributed by atoms with van der Waals surface area (Å²) < 4.78 is 0. The van der Waals surface area contributed by atoms with Crippen LogP contribution in [0.1, 0.15) is 38.3 Å². The molecule has 0 aromatic heterocycles. The highest BCUT2D eigenvalue weighted by Crippen LogP contribution is 2.21. The van der Waals surface area contributed by atoms with Crippen LogP contribution in [0.3, 0.4) is 0 Å². The summed E-state index contributed by atoms with van der Waals surface area (Å²) in [6, 6.07) is 22.0. The first kappa shape index (κ1) is 33.8. The van der Waals surface area contributed by atoms with Gasteiger partial charge in [-0.1, -0.05) is 78.4 Å². The Morgan fingerprint density at radius 1 is 0.844 bits per heavy atom. The highest BCUT2D eigenvalue weighted by atomic mass is 16.5. The monoisotopic (exact) mass is 613 g/mol. The Balaban J connectivity index is 1.68. The Bertz CT molecular complexity index is 1510. The van der Waals surface area contributed by atoms with Gasteiger partial charge in [0.05, 0.1) is 0 Å². The normalized spacial score (nSPS) is 15.9. The molecule has 0 saturated carbocycles. The molecular formula is C36H47N5O4. The first-order valence-electron chi connectivity index (χ1n) is 15.6. The van der Waals surface area contributed by atoms with Crippen molar-refractivity contribution < 1.29 is 19.6 Å². The summed E-state index contributed by atoms with van der Waals surface area (Å²) in [4.78, 5) is 46.8. The zero-order chi connectivity index (χ0) is 32.7. The number of piperazine rings is 1. The van der Waals surface area contributed by atoms with Gasteiger partial charge in [0.25, 0.3) is 0 Å². The minimum atomic E-state index is -0.862. The van der Waals surface area contributed by atoms with E-state index in [2.05, 4.69) is 0 Å². The van der Waals surface area contributed by atoms with Gasteiger partial charge < -0.3 is 25.6 Å². The van der Waals surface area contributed by atoms with Gasteiger partial charge in [-0.3, -0.25) is 14.4 Å². The van der Waals surface area contributed by atoms with E-state index in [1.807, 2.05) is 93.6 Å². The molecule has 2 atom stereocenters. The Labute approximate surface area is 266 Å². The van der Waals surface area contributed by atoms with E-state index in [0.29, 0.717) is 39.0 Å². The standard InChI is InChI=1S/C36H47N5O4/c1-26(25-36(2,3)37)21-33(42)38(4)31(24-28-15-16-29-13-9-10-14-30(29)22-28)34(43)39(5)32(23-27-11-7-6-8-12-27)35(44)40-17-19-41(45)20-18-40/h6-16,21-22,31-32,45H,17-20,23-25,37H2,1-5H3/t31-,32-/m1/s1. The predicted octanol–water partition coefficient (Wildman–Crippen LogP) is 3.89. The molecular weight excluding hydrogens is 566 g/mol. The van der Waals surface area contributed by atoms with E-state index in [1.54, 1.807) is 25.1 Å². The average molecular weight is 614 g/mol. The smallest absolute Gasteiger partial charge is 0.246 e. The van der Waals surface area contributed by atoms with Crippen LogP contribution < -0.4 is 5.73 Å². The molecule has 0 unspecified atom stereocenters. The number of benzene rings is 3. The number of likely N-dealkylation sites (N-methyl/N-ethyl adjacent to an activating group) is 2. The van der Waals surface area contributed by atoms with E-state index in [0.717, 1.165) is 27.5 Å². The maximum Gasteiger partial charge on any atom is 0.246 e. The quantitative estimate of drug-likeness (QED) is 0.318. The summed E-state index contributed by atoms with van der Waals surface area (Å²) in [5, 5.41) is 13.2. The third kappa shape index (κ3) is 9.23. The number of rotatable bonds is 11. The van der Waals surface area contributed by atoms with Gasteiger partial charge in [-0.15, -0.1) is 0 Å². The molecule has 1 aliphatic rings. The number of carbonyl (C=O) groups excluding carboxylic acids is 3. The molecule has 1 aliphatic heterocycles. The van der Waals surface area contributed by atoms with Crippen molar-refractivity contribution in [1.29, 1.82) is 0 Å². The molecule has 0 spiro atoms. The molecule has 45 heavy (non-hydrogen) atoms. The van der Waals surface area contributed by atoms with Crippen molar-refractivity contribution in [3.8, 4) is 0 Å². The Hall–Kier alpha value is -4.05. The number of hydrogen-bond acceptors (Lipinski definition) is 6. The van der Waals surface area contributed by atoms with Crippen molar-refractivity contribution in [1.82, 2.24) is 19.8 Å². The van der Waals surface area contributed by atoms with Gasteiger partial charge in [0.15, 0.2) is 0 Å². The molecule has 3 amide bonds. The molecule has 0 aliphatic carbocycles. The second-order valence-corrected chi connectivity index (χ2v) is 12.9. The lowest BCUT2D eigenvalue weighted by Crippen LogP contribution is -2.58. The summed E-state index contributed by atoms with van der Waals surface area (Å²) in [5.41, 5.74) is 8.38. The van der Waals surface area contributed by atoms with Gasteiger partial charge in [0.1, 0.15) is 12.1 Å². The number of fused-ring (bicyclic) bond motifs is 1. The fraction of sp³-hybridized carbons (Fsp3) is 0.417. The van der Waals surface area contributed by atoms with Crippen LogP contribution in [0, 0.1) is 0 Å². The molecule has 1 fully saturated rings. The maximum atomic E-state index is 14.5. The first-order chi connectivity index (χ1) is 21.3. The average Bonchev–Trinajstić information content (AvgIpc) is 3.01. The minimum absolute atomic E-state index is 0.179. The summed E-state index contributed by atoms with van der Waals surface area (Å²) in [6.07, 6.45) is 2.69. The highest BCUT2D eigenvalue weighted by Gasteiger charge is 2.37. The van der Waals surface area contributed by atoms with E-state index < -0.39 is 17.6 Å². The minimum Gasteiger partial charge on any atom is -0.338 e. The van der Waals surface area contributed by atoms with Crippen LogP contribution in [0.5, 0.6) is 0 Å². The topological polar surface area (TPSA) is 110 Å². The van der Waals surface area contributed by atoms with Crippen LogP contribution in [0.2, 0.25) is 0 Å². The number of hydrogen-bond donors (Lipinski definition) is 2. The summed E-state index contributed by atoms with van der Waals surface area (Å²) in [6.45, 7) is 7.09. The lowest BCUT2D eigenvalue weighted by molar-refractivity contribution is -0.155. The summed E-state index contributed by atoms with van der Waals surface area (Å²) >= 11 is 0. The molecule has 1 saturated heterocycles.